The van der Waals surface area contributed by atoms with Gasteiger partial charge in [-0.25, -0.2) is 8.78 Å². The van der Waals surface area contributed by atoms with Gasteiger partial charge in [0.15, 0.2) is 0 Å². The summed E-state index contributed by atoms with van der Waals surface area (Å²) in [4.78, 5) is 12.8. The number of hydrogen-bond donors (Lipinski definition) is 2. The maximum absolute atomic E-state index is 12.2. The van der Waals surface area contributed by atoms with Gasteiger partial charge in [0.1, 0.15) is 11.8 Å². The van der Waals surface area contributed by atoms with Crippen LogP contribution in [0.4, 0.5) is 14.5 Å². The molecule has 1 heterocycles. The average molecular weight is 185 g/mol. The van der Waals surface area contributed by atoms with E-state index in [9.17, 15) is 13.6 Å². The van der Waals surface area contributed by atoms with E-state index in [1.165, 1.54) is 6.07 Å². The van der Waals surface area contributed by atoms with Gasteiger partial charge < -0.3 is 10.7 Å². The van der Waals surface area contributed by atoms with Crippen molar-refractivity contribution in [1.82, 2.24) is 4.98 Å². The Morgan fingerprint density at radius 1 is 1.62 bits per heavy atom. The zero-order valence-corrected chi connectivity index (χ0v) is 6.34. The lowest BCUT2D eigenvalue weighted by atomic mass is 10.1. The number of halogens is 2. The number of H-pyrrole nitrogens is 1. The first-order chi connectivity index (χ1) is 6.07. The Morgan fingerprint density at radius 3 is 2.69 bits per heavy atom. The minimum atomic E-state index is -2.83. The number of aromatic amines is 1. The van der Waals surface area contributed by atoms with Crippen LogP contribution in [0.15, 0.2) is 11.0 Å². The lowest BCUT2D eigenvalue weighted by Gasteiger charge is -2.02. The van der Waals surface area contributed by atoms with E-state index in [1.807, 2.05) is 4.98 Å². The van der Waals surface area contributed by atoms with E-state index in [4.69, 9.17) is 11.0 Å². The molecule has 0 spiro atoms. The third-order valence-electron chi connectivity index (χ3n) is 1.51. The molecule has 0 saturated heterocycles. The molecule has 0 aromatic carbocycles. The van der Waals surface area contributed by atoms with Gasteiger partial charge in [-0.3, -0.25) is 4.79 Å². The van der Waals surface area contributed by atoms with Crippen molar-refractivity contribution in [1.29, 1.82) is 5.26 Å². The molecule has 13 heavy (non-hydrogen) atoms. The van der Waals surface area contributed by atoms with E-state index < -0.39 is 28.8 Å². The Kier molecular flexibility index (Phi) is 2.28. The minimum Gasteiger partial charge on any atom is -0.393 e. The van der Waals surface area contributed by atoms with Crippen LogP contribution in [-0.4, -0.2) is 4.98 Å². The highest BCUT2D eigenvalue weighted by atomic mass is 19.3. The van der Waals surface area contributed by atoms with E-state index in [-0.39, 0.29) is 0 Å². The number of nitrogens with two attached hydrogens (primary N) is 1. The second kappa shape index (κ2) is 3.23. The molecule has 0 radical (unpaired) electrons. The monoisotopic (exact) mass is 185 g/mol. The standard InChI is InChI=1S/C7H5F2N3O/c8-6(9)4-2-12-7(13)5(11)3(4)1-10/h2,6H,11H2,(H,12,13). The molecule has 0 atom stereocenters. The third kappa shape index (κ3) is 1.49. The van der Waals surface area contributed by atoms with Crippen LogP contribution >= 0.6 is 0 Å². The summed E-state index contributed by atoms with van der Waals surface area (Å²) in [5.41, 5.74) is 2.91. The molecule has 4 nitrogen and oxygen atoms in total. The summed E-state index contributed by atoms with van der Waals surface area (Å²) < 4.78 is 24.4. The second-order valence-corrected chi connectivity index (χ2v) is 2.27. The Balaban J connectivity index is 3.50. The lowest BCUT2D eigenvalue weighted by molar-refractivity contribution is 0.150. The van der Waals surface area contributed by atoms with Crippen LogP contribution in [0.3, 0.4) is 0 Å². The SMILES string of the molecule is N#Cc1c(C(F)F)c[nH]c(=O)c1N. The summed E-state index contributed by atoms with van der Waals surface area (Å²) in [5.74, 6) is 0. The number of nitrogens with zero attached hydrogens (tertiary/aromatic N) is 1. The van der Waals surface area contributed by atoms with Crippen LogP contribution < -0.4 is 11.3 Å². The van der Waals surface area contributed by atoms with Gasteiger partial charge in [0.25, 0.3) is 12.0 Å². The predicted molar refractivity (Wildman–Crippen MR) is 41.1 cm³/mol. The molecule has 1 aromatic heterocycles. The van der Waals surface area contributed by atoms with Crippen LogP contribution in [-0.2, 0) is 0 Å². The summed E-state index contributed by atoms with van der Waals surface area (Å²) in [5, 5.41) is 8.46. The van der Waals surface area contributed by atoms with Gasteiger partial charge in [-0.1, -0.05) is 0 Å². The quantitative estimate of drug-likeness (QED) is 0.677. The topological polar surface area (TPSA) is 82.7 Å². The smallest absolute Gasteiger partial charge is 0.272 e. The van der Waals surface area contributed by atoms with Crippen LogP contribution in [0.1, 0.15) is 17.6 Å². The Labute approximate surface area is 71.6 Å². The normalized spacial score (nSPS) is 10.0. The van der Waals surface area contributed by atoms with Crippen LogP contribution in [0.2, 0.25) is 0 Å². The fraction of sp³-hybridized carbons (Fsp3) is 0.143. The zero-order valence-electron chi connectivity index (χ0n) is 6.34. The van der Waals surface area contributed by atoms with E-state index in [1.54, 1.807) is 0 Å². The van der Waals surface area contributed by atoms with Gasteiger partial charge in [0, 0.05) is 6.20 Å². The number of anilines is 1. The molecule has 3 N–H and O–H groups in total. The molecule has 0 saturated carbocycles. The summed E-state index contributed by atoms with van der Waals surface area (Å²) in [6.07, 6.45) is -2.03. The summed E-state index contributed by atoms with van der Waals surface area (Å²) in [6.45, 7) is 0. The fourth-order valence-electron chi connectivity index (χ4n) is 0.859. The number of aromatic nitrogens is 1. The predicted octanol–water partition coefficient (Wildman–Crippen LogP) is 0.766. The molecule has 1 aromatic rings. The molecule has 0 unspecified atom stereocenters. The fourth-order valence-corrected chi connectivity index (χ4v) is 0.859. The van der Waals surface area contributed by atoms with E-state index in [2.05, 4.69) is 0 Å². The van der Waals surface area contributed by atoms with Crippen molar-refractivity contribution < 1.29 is 8.78 Å². The van der Waals surface area contributed by atoms with Gasteiger partial charge in [-0.2, -0.15) is 5.26 Å². The van der Waals surface area contributed by atoms with E-state index in [0.29, 0.717) is 0 Å². The molecular formula is C7H5F2N3O. The number of nitrogen functional groups attached to an aromatic ring is 1. The summed E-state index contributed by atoms with van der Waals surface area (Å²) in [6, 6.07) is 1.46. The maximum Gasteiger partial charge on any atom is 0.272 e. The van der Waals surface area contributed by atoms with Crippen LogP contribution in [0.5, 0.6) is 0 Å². The van der Waals surface area contributed by atoms with Gasteiger partial charge >= 0.3 is 0 Å². The molecule has 0 aliphatic rings. The van der Waals surface area contributed by atoms with Crippen molar-refractivity contribution in [2.24, 2.45) is 0 Å². The van der Waals surface area contributed by atoms with Gasteiger partial charge in [0.2, 0.25) is 0 Å². The van der Waals surface area contributed by atoms with E-state index in [0.717, 1.165) is 6.20 Å². The van der Waals surface area contributed by atoms with Crippen molar-refractivity contribution in [2.45, 2.75) is 6.43 Å². The largest absolute Gasteiger partial charge is 0.393 e. The molecule has 68 valence electrons. The van der Waals surface area contributed by atoms with Crippen LogP contribution in [0.25, 0.3) is 0 Å². The number of pyridine rings is 1. The summed E-state index contributed by atoms with van der Waals surface area (Å²) in [7, 11) is 0. The summed E-state index contributed by atoms with van der Waals surface area (Å²) >= 11 is 0. The number of rotatable bonds is 1. The van der Waals surface area contributed by atoms with Crippen molar-refractivity contribution in [3.05, 3.63) is 27.7 Å². The van der Waals surface area contributed by atoms with Crippen molar-refractivity contribution in [3.63, 3.8) is 0 Å². The van der Waals surface area contributed by atoms with Crippen molar-refractivity contribution >= 4 is 5.69 Å². The number of nitrogens with one attached hydrogen (secondary N) is 1. The second-order valence-electron chi connectivity index (χ2n) is 2.27. The van der Waals surface area contributed by atoms with Crippen molar-refractivity contribution in [3.8, 4) is 6.07 Å². The number of alkyl halides is 2. The molecular weight excluding hydrogens is 180 g/mol. The molecule has 0 amide bonds. The molecule has 0 aliphatic heterocycles. The van der Waals surface area contributed by atoms with Gasteiger partial charge in [0.05, 0.1) is 11.1 Å². The van der Waals surface area contributed by atoms with Crippen molar-refractivity contribution in [2.75, 3.05) is 5.73 Å². The first kappa shape index (κ1) is 9.19. The average Bonchev–Trinajstić information content (AvgIpc) is 2.09. The Bertz CT molecular complexity index is 419. The number of nitriles is 1. The highest BCUT2D eigenvalue weighted by Crippen LogP contribution is 2.22. The highest BCUT2D eigenvalue weighted by Gasteiger charge is 2.16. The van der Waals surface area contributed by atoms with E-state index >= 15 is 0 Å². The minimum absolute atomic E-state index is 0.459. The number of hydrogen-bond acceptors (Lipinski definition) is 3. The zero-order chi connectivity index (χ0) is 10.0. The highest BCUT2D eigenvalue weighted by molar-refractivity contribution is 5.56. The Hall–Kier alpha value is -1.90. The van der Waals surface area contributed by atoms with Gasteiger partial charge in [-0.05, 0) is 0 Å². The first-order valence-corrected chi connectivity index (χ1v) is 3.27. The molecule has 0 aliphatic carbocycles. The van der Waals surface area contributed by atoms with Crippen LogP contribution in [0, 0.1) is 11.3 Å². The molecule has 0 bridgehead atoms. The maximum atomic E-state index is 12.2. The third-order valence-corrected chi connectivity index (χ3v) is 1.51. The molecule has 6 heteroatoms. The van der Waals surface area contributed by atoms with Gasteiger partial charge in [-0.15, -0.1) is 0 Å². The Morgan fingerprint density at radius 2 is 2.23 bits per heavy atom. The molecule has 1 rings (SSSR count). The lowest BCUT2D eigenvalue weighted by Crippen LogP contribution is -2.15. The first-order valence-electron chi connectivity index (χ1n) is 3.27. The molecule has 0 fully saturated rings.